The van der Waals surface area contributed by atoms with Crippen molar-refractivity contribution in [2.75, 3.05) is 0 Å². The maximum Gasteiger partial charge on any atom is 3.00 e. The fourth-order valence-corrected chi connectivity index (χ4v) is 8.26. The molecule has 0 saturated heterocycles. The van der Waals surface area contributed by atoms with Crippen LogP contribution in [0.25, 0.3) is 98.6 Å². The van der Waals surface area contributed by atoms with Crippen molar-refractivity contribution < 1.29 is 65.8 Å². The molecule has 4 heterocycles. The molecule has 0 amide bonds. The summed E-state index contributed by atoms with van der Waals surface area (Å²) in [5.74, 6) is -1.81. The number of aromatic nitrogens is 6. The molecule has 0 aliphatic rings. The standard InChI is InChI=1S/C28H13F6N2O2.2C14H9N2O.Ir/c29-27(30,31)20-9-5-11-22(24(20)28(32,33)34)38-26-19-13-16-7-2-1-6-15(16)12-18(19)25(35-36-26)23-14-17-8-3-4-10-21(17)37-23;2*1-9(17)14-13-7-11-5-3-2-4-10(11)6-12(13)8-15-16-14;/h1-13H;2*1-8,17H;/q3*-1;+3. The topological polar surface area (TPSA) is 140 Å². The molecule has 12 rings (SSSR count). The maximum atomic E-state index is 13.8. The van der Waals surface area contributed by atoms with Gasteiger partial charge in [0.15, 0.2) is 0 Å². The Kier molecular flexibility index (Phi) is 13.3. The van der Waals surface area contributed by atoms with Gasteiger partial charge in [-0.1, -0.05) is 126 Å². The van der Waals surface area contributed by atoms with E-state index in [1.807, 2.05) is 84.9 Å². The molecule has 360 valence electrons. The van der Waals surface area contributed by atoms with Crippen LogP contribution in [0.15, 0.2) is 168 Å². The van der Waals surface area contributed by atoms with Crippen LogP contribution in [0.1, 0.15) is 22.5 Å². The quantitative estimate of drug-likeness (QED) is 0.0741. The number of halogens is 6. The molecule has 73 heavy (non-hydrogen) atoms. The van der Waals surface area contributed by atoms with E-state index in [0.29, 0.717) is 39.2 Å². The van der Waals surface area contributed by atoms with Crippen LogP contribution in [-0.2, 0) is 32.5 Å². The summed E-state index contributed by atoms with van der Waals surface area (Å²) in [4.78, 5) is 0. The van der Waals surface area contributed by atoms with Gasteiger partial charge in [0, 0.05) is 11.0 Å². The Morgan fingerprint density at radius 2 is 0.973 bits per heavy atom. The molecular formula is C56H31F6IrN6O4. The minimum atomic E-state index is -5.35. The summed E-state index contributed by atoms with van der Waals surface area (Å²) in [7, 11) is 0. The molecule has 0 atom stereocenters. The van der Waals surface area contributed by atoms with Crippen molar-refractivity contribution in [2.24, 2.45) is 0 Å². The fraction of sp³-hybridized carbons (Fsp3) is 0.0357. The SMILES string of the molecule is FC(F)(F)c1cccc(Oc2nnc(-c3[c-]c4ccccc4o3)c3cc4ccccc4cc23)c1C(F)(F)F.[CH-]=C(O)c1nncc2cc3ccccc3cc12.[CH-]=C(O)c1nncc2cc3ccccc3cc12.[Ir+3]. The predicted octanol–water partition coefficient (Wildman–Crippen LogP) is 15.1. The Morgan fingerprint density at radius 1 is 0.507 bits per heavy atom. The number of fused-ring (bicyclic) bond motifs is 7. The predicted molar refractivity (Wildman–Crippen MR) is 262 cm³/mol. The number of hydrogen-bond donors (Lipinski definition) is 2. The minimum Gasteiger partial charge on any atom is -0.544 e. The molecule has 8 aromatic carbocycles. The number of benzene rings is 8. The molecule has 0 unspecified atom stereocenters. The molecule has 17 heteroatoms. The van der Waals surface area contributed by atoms with Gasteiger partial charge in [0.05, 0.1) is 29.4 Å². The first-order valence-corrected chi connectivity index (χ1v) is 21.6. The van der Waals surface area contributed by atoms with E-state index in [1.165, 1.54) is 0 Å². The normalized spacial score (nSPS) is 11.5. The van der Waals surface area contributed by atoms with E-state index in [1.54, 1.807) is 60.9 Å². The van der Waals surface area contributed by atoms with E-state index in [-0.39, 0.29) is 48.5 Å². The van der Waals surface area contributed by atoms with Crippen molar-refractivity contribution in [3.63, 3.8) is 0 Å². The van der Waals surface area contributed by atoms with Crippen molar-refractivity contribution in [3.05, 3.63) is 206 Å². The molecule has 0 radical (unpaired) electrons. The van der Waals surface area contributed by atoms with Crippen molar-refractivity contribution in [1.82, 2.24) is 30.6 Å². The zero-order valence-electron chi connectivity index (χ0n) is 37.2. The summed E-state index contributed by atoms with van der Waals surface area (Å²) < 4.78 is 93.1. The molecule has 0 aliphatic carbocycles. The second-order valence-electron chi connectivity index (χ2n) is 16.2. The van der Waals surface area contributed by atoms with Crippen LogP contribution in [0.3, 0.4) is 0 Å². The van der Waals surface area contributed by atoms with Gasteiger partial charge in [0.25, 0.3) is 0 Å². The Balaban J connectivity index is 0.000000154. The first-order valence-electron chi connectivity index (χ1n) is 21.6. The van der Waals surface area contributed by atoms with Crippen LogP contribution in [0.5, 0.6) is 11.6 Å². The third-order valence-corrected chi connectivity index (χ3v) is 11.5. The molecule has 2 N–H and O–H groups in total. The second kappa shape index (κ2) is 19.8. The smallest absolute Gasteiger partial charge is 0.544 e. The van der Waals surface area contributed by atoms with Crippen molar-refractivity contribution >= 4 is 87.1 Å². The number of hydrogen-bond acceptors (Lipinski definition) is 10. The molecule has 4 aromatic heterocycles. The molecule has 0 spiro atoms. The number of para-hydroxylation sites is 1. The van der Waals surface area contributed by atoms with Crippen LogP contribution in [0, 0.1) is 19.2 Å². The summed E-state index contributed by atoms with van der Waals surface area (Å²) in [6.07, 6.45) is -7.28. The van der Waals surface area contributed by atoms with Crippen molar-refractivity contribution in [2.45, 2.75) is 12.4 Å². The average molecular weight is 1160 g/mol. The Labute approximate surface area is 422 Å². The van der Waals surface area contributed by atoms with Crippen molar-refractivity contribution in [1.29, 1.82) is 0 Å². The zero-order chi connectivity index (χ0) is 50.3. The summed E-state index contributed by atoms with van der Waals surface area (Å²) in [5, 5.41) is 52.9. The fourth-order valence-electron chi connectivity index (χ4n) is 8.26. The Hall–Kier alpha value is -8.79. The summed E-state index contributed by atoms with van der Waals surface area (Å²) in [5.41, 5.74) is -2.37. The van der Waals surface area contributed by atoms with Gasteiger partial charge in [-0.25, -0.2) is 23.4 Å². The summed E-state index contributed by atoms with van der Waals surface area (Å²) >= 11 is 0. The van der Waals surface area contributed by atoms with Crippen LogP contribution in [0.2, 0.25) is 0 Å². The van der Waals surface area contributed by atoms with Gasteiger partial charge in [0.1, 0.15) is 11.3 Å². The van der Waals surface area contributed by atoms with Gasteiger partial charge in [-0.05, 0) is 102 Å². The summed E-state index contributed by atoms with van der Waals surface area (Å²) in [6.45, 7) is 10.8. The van der Waals surface area contributed by atoms with E-state index in [2.05, 4.69) is 36.7 Å². The average Bonchev–Trinajstić information content (AvgIpc) is 3.80. The summed E-state index contributed by atoms with van der Waals surface area (Å²) in [6, 6.07) is 46.7. The van der Waals surface area contributed by atoms with Gasteiger partial charge in [-0.2, -0.15) is 41.6 Å². The van der Waals surface area contributed by atoms with Crippen LogP contribution in [-0.4, -0.2) is 40.8 Å². The first kappa shape index (κ1) is 49.2. The minimum absolute atomic E-state index is 0. The number of furan rings is 1. The molecule has 0 aliphatic heterocycles. The Morgan fingerprint density at radius 3 is 1.45 bits per heavy atom. The third-order valence-electron chi connectivity index (χ3n) is 11.5. The number of nitrogens with zero attached hydrogens (tertiary/aromatic N) is 6. The van der Waals surface area contributed by atoms with Gasteiger partial charge in [-0.3, -0.25) is 0 Å². The van der Waals surface area contributed by atoms with Crippen LogP contribution in [0.4, 0.5) is 26.3 Å². The zero-order valence-corrected chi connectivity index (χ0v) is 39.6. The van der Waals surface area contributed by atoms with E-state index < -0.39 is 35.1 Å². The van der Waals surface area contributed by atoms with Gasteiger partial charge < -0.3 is 19.4 Å². The Bertz CT molecular complexity index is 3950. The number of aliphatic hydroxyl groups excluding tert-OH is 2. The van der Waals surface area contributed by atoms with E-state index in [4.69, 9.17) is 22.3 Å². The third kappa shape index (κ3) is 9.96. The maximum absolute atomic E-state index is 13.8. The molecule has 10 nitrogen and oxygen atoms in total. The molecule has 0 fully saturated rings. The largest absolute Gasteiger partial charge is 3.00 e. The molecular weight excluding hydrogens is 1130 g/mol. The second-order valence-corrected chi connectivity index (χ2v) is 16.2. The number of rotatable bonds is 5. The monoisotopic (exact) mass is 1160 g/mol. The van der Waals surface area contributed by atoms with E-state index >= 15 is 0 Å². The van der Waals surface area contributed by atoms with Crippen LogP contribution >= 0.6 is 0 Å². The molecule has 12 aromatic rings. The number of aliphatic hydroxyl groups is 2. The van der Waals surface area contributed by atoms with E-state index in [9.17, 15) is 36.6 Å². The van der Waals surface area contributed by atoms with Crippen LogP contribution < -0.4 is 4.74 Å². The molecule has 0 saturated carbocycles. The van der Waals surface area contributed by atoms with Crippen molar-refractivity contribution in [3.8, 4) is 23.1 Å². The van der Waals surface area contributed by atoms with Gasteiger partial charge >= 0.3 is 32.5 Å². The first-order chi connectivity index (χ1) is 34.6. The van der Waals surface area contributed by atoms with E-state index in [0.717, 1.165) is 60.6 Å². The van der Waals surface area contributed by atoms with Gasteiger partial charge in [-0.15, -0.1) is 22.6 Å². The number of alkyl halides is 6. The number of ether oxygens (including phenoxy) is 1. The van der Waals surface area contributed by atoms with Gasteiger partial charge in [0.2, 0.25) is 5.88 Å². The molecule has 0 bridgehead atoms.